The number of fused-ring (bicyclic) bond motifs is 1. The van der Waals surface area contributed by atoms with Gasteiger partial charge in [-0.2, -0.15) is 0 Å². The molecule has 110 valence electrons. The molecular weight excluding hydrogens is 266 g/mol. The first-order valence-electron chi connectivity index (χ1n) is 7.21. The predicted octanol–water partition coefficient (Wildman–Crippen LogP) is 3.73. The number of hydrogen-bond donors (Lipinski definition) is 2. The maximum Gasteiger partial charge on any atom is 0.128 e. The van der Waals surface area contributed by atoms with Crippen LogP contribution in [0.2, 0.25) is 0 Å². The average Bonchev–Trinajstić information content (AvgIpc) is 2.88. The largest absolute Gasteiger partial charge is 0.508 e. The van der Waals surface area contributed by atoms with E-state index in [1.807, 2.05) is 30.3 Å². The molecule has 4 nitrogen and oxygen atoms in total. The molecule has 1 aliphatic rings. The first-order chi connectivity index (χ1) is 10.3. The van der Waals surface area contributed by atoms with Crippen LogP contribution < -0.4 is 14.8 Å². The molecule has 2 N–H and O–H groups in total. The van der Waals surface area contributed by atoms with E-state index in [0.29, 0.717) is 6.61 Å². The maximum absolute atomic E-state index is 9.46. The quantitative estimate of drug-likeness (QED) is 0.879. The van der Waals surface area contributed by atoms with Crippen molar-refractivity contribution in [2.24, 2.45) is 0 Å². The van der Waals surface area contributed by atoms with E-state index in [1.54, 1.807) is 12.1 Å². The Bertz CT molecular complexity index is 610. The number of anilines is 1. The van der Waals surface area contributed by atoms with Gasteiger partial charge in [-0.25, -0.2) is 0 Å². The van der Waals surface area contributed by atoms with Gasteiger partial charge in [0.05, 0.1) is 12.6 Å². The van der Waals surface area contributed by atoms with Crippen molar-refractivity contribution in [1.29, 1.82) is 0 Å². The molecule has 0 radical (unpaired) electrons. The van der Waals surface area contributed by atoms with Gasteiger partial charge >= 0.3 is 0 Å². The average molecular weight is 285 g/mol. The van der Waals surface area contributed by atoms with Crippen molar-refractivity contribution in [2.75, 3.05) is 18.5 Å². The van der Waals surface area contributed by atoms with Crippen LogP contribution in [-0.4, -0.2) is 18.3 Å². The van der Waals surface area contributed by atoms with Gasteiger partial charge in [-0.1, -0.05) is 6.92 Å². The summed E-state index contributed by atoms with van der Waals surface area (Å²) in [7, 11) is 0. The molecule has 3 rings (SSSR count). The number of aromatic hydroxyl groups is 1. The second-order valence-electron chi connectivity index (χ2n) is 5.10. The maximum atomic E-state index is 9.46. The Hall–Kier alpha value is -2.36. The van der Waals surface area contributed by atoms with Crippen LogP contribution >= 0.6 is 0 Å². The number of hydrogen-bond acceptors (Lipinski definition) is 4. The molecule has 1 unspecified atom stereocenters. The number of nitrogens with one attached hydrogen (secondary N) is 1. The zero-order valence-corrected chi connectivity index (χ0v) is 12.0. The van der Waals surface area contributed by atoms with Gasteiger partial charge in [0.1, 0.15) is 23.9 Å². The molecule has 21 heavy (non-hydrogen) atoms. The highest BCUT2D eigenvalue weighted by atomic mass is 16.5. The van der Waals surface area contributed by atoms with Gasteiger partial charge in [-0.05, 0) is 42.8 Å². The summed E-state index contributed by atoms with van der Waals surface area (Å²) in [4.78, 5) is 0. The van der Waals surface area contributed by atoms with E-state index in [1.165, 1.54) is 0 Å². The van der Waals surface area contributed by atoms with Crippen LogP contribution in [0.4, 0.5) is 5.69 Å². The second kappa shape index (κ2) is 5.95. The molecule has 0 aliphatic carbocycles. The van der Waals surface area contributed by atoms with E-state index < -0.39 is 0 Å². The molecule has 0 bridgehead atoms. The fourth-order valence-electron chi connectivity index (χ4n) is 2.39. The van der Waals surface area contributed by atoms with Gasteiger partial charge in [0.25, 0.3) is 0 Å². The van der Waals surface area contributed by atoms with Crippen molar-refractivity contribution < 1.29 is 14.6 Å². The van der Waals surface area contributed by atoms with E-state index in [-0.39, 0.29) is 11.8 Å². The minimum atomic E-state index is 0.100. The topological polar surface area (TPSA) is 50.7 Å². The summed E-state index contributed by atoms with van der Waals surface area (Å²) in [5.41, 5.74) is 2.09. The first kappa shape index (κ1) is 13.6. The Balaban J connectivity index is 1.68. The molecule has 1 aliphatic heterocycles. The van der Waals surface area contributed by atoms with Crippen molar-refractivity contribution in [3.8, 4) is 17.2 Å². The van der Waals surface area contributed by atoms with E-state index in [9.17, 15) is 5.11 Å². The molecule has 0 fully saturated rings. The lowest BCUT2D eigenvalue weighted by molar-refractivity contribution is 0.317. The van der Waals surface area contributed by atoms with E-state index in [2.05, 4.69) is 12.2 Å². The number of ether oxygens (including phenoxy) is 2. The fourth-order valence-corrected chi connectivity index (χ4v) is 2.39. The molecule has 4 heteroatoms. The van der Waals surface area contributed by atoms with Gasteiger partial charge in [0.2, 0.25) is 0 Å². The van der Waals surface area contributed by atoms with E-state index in [4.69, 9.17) is 9.47 Å². The summed E-state index contributed by atoms with van der Waals surface area (Å²) < 4.78 is 11.2. The lowest BCUT2D eigenvalue weighted by Crippen LogP contribution is -2.11. The summed E-state index contributed by atoms with van der Waals surface area (Å²) in [6.45, 7) is 3.39. The SMILES string of the molecule is CCCOc1ccc(NC2COc3cc(O)ccc32)cc1. The fraction of sp³-hybridized carbons (Fsp3) is 0.294. The third-order valence-corrected chi connectivity index (χ3v) is 3.45. The van der Waals surface area contributed by atoms with Crippen LogP contribution in [0.1, 0.15) is 24.9 Å². The first-order valence-corrected chi connectivity index (χ1v) is 7.21. The molecule has 0 aromatic heterocycles. The zero-order valence-electron chi connectivity index (χ0n) is 12.0. The standard InChI is InChI=1S/C17H19NO3/c1-2-9-20-14-6-3-12(4-7-14)18-16-11-21-17-10-13(19)5-8-15(16)17/h3-8,10,16,18-19H,2,9,11H2,1H3. The molecule has 0 saturated carbocycles. The van der Waals surface area contributed by atoms with Crippen molar-refractivity contribution in [2.45, 2.75) is 19.4 Å². The Morgan fingerprint density at radius 1 is 1.24 bits per heavy atom. The number of phenolic OH excluding ortho intramolecular Hbond substituents is 1. The van der Waals surface area contributed by atoms with Crippen molar-refractivity contribution in [1.82, 2.24) is 0 Å². The van der Waals surface area contributed by atoms with Crippen molar-refractivity contribution >= 4 is 5.69 Å². The minimum absolute atomic E-state index is 0.100. The Kier molecular flexibility index (Phi) is 3.86. The molecule has 2 aromatic carbocycles. The summed E-state index contributed by atoms with van der Waals surface area (Å²) >= 11 is 0. The Labute approximate surface area is 124 Å². The van der Waals surface area contributed by atoms with Crippen LogP contribution in [0.15, 0.2) is 42.5 Å². The van der Waals surface area contributed by atoms with Crippen LogP contribution in [0.5, 0.6) is 17.2 Å². The van der Waals surface area contributed by atoms with Crippen LogP contribution in [0.25, 0.3) is 0 Å². The van der Waals surface area contributed by atoms with Gasteiger partial charge < -0.3 is 19.9 Å². The zero-order chi connectivity index (χ0) is 14.7. The molecule has 0 amide bonds. The highest BCUT2D eigenvalue weighted by Crippen LogP contribution is 2.36. The lowest BCUT2D eigenvalue weighted by Gasteiger charge is -2.14. The Morgan fingerprint density at radius 2 is 2.05 bits per heavy atom. The van der Waals surface area contributed by atoms with Crippen molar-refractivity contribution in [3.05, 3.63) is 48.0 Å². The van der Waals surface area contributed by atoms with Crippen LogP contribution in [0.3, 0.4) is 0 Å². The van der Waals surface area contributed by atoms with Gasteiger partial charge in [-0.3, -0.25) is 0 Å². The molecule has 0 spiro atoms. The highest BCUT2D eigenvalue weighted by Gasteiger charge is 2.24. The van der Waals surface area contributed by atoms with Gasteiger partial charge in [-0.15, -0.1) is 0 Å². The summed E-state index contributed by atoms with van der Waals surface area (Å²) in [5.74, 6) is 1.86. The Morgan fingerprint density at radius 3 is 2.81 bits per heavy atom. The smallest absolute Gasteiger partial charge is 0.128 e. The third kappa shape index (κ3) is 3.05. The van der Waals surface area contributed by atoms with Crippen LogP contribution in [-0.2, 0) is 0 Å². The summed E-state index contributed by atoms with van der Waals surface area (Å²) in [5, 5.41) is 12.9. The summed E-state index contributed by atoms with van der Waals surface area (Å²) in [6, 6.07) is 13.3. The predicted molar refractivity (Wildman–Crippen MR) is 82.2 cm³/mol. The van der Waals surface area contributed by atoms with Gasteiger partial charge in [0.15, 0.2) is 0 Å². The normalized spacial score (nSPS) is 16.1. The van der Waals surface area contributed by atoms with E-state index >= 15 is 0 Å². The molecular formula is C17H19NO3. The van der Waals surface area contributed by atoms with Crippen molar-refractivity contribution in [3.63, 3.8) is 0 Å². The molecule has 1 atom stereocenters. The minimum Gasteiger partial charge on any atom is -0.508 e. The van der Waals surface area contributed by atoms with Gasteiger partial charge in [0, 0.05) is 17.3 Å². The molecule has 2 aromatic rings. The number of benzene rings is 2. The lowest BCUT2D eigenvalue weighted by atomic mass is 10.1. The molecule has 0 saturated heterocycles. The van der Waals surface area contributed by atoms with Crippen LogP contribution in [0, 0.1) is 0 Å². The number of rotatable bonds is 5. The molecule has 1 heterocycles. The second-order valence-corrected chi connectivity index (χ2v) is 5.10. The number of phenols is 1. The third-order valence-electron chi connectivity index (χ3n) is 3.45. The summed E-state index contributed by atoms with van der Waals surface area (Å²) in [6.07, 6.45) is 1.00. The highest BCUT2D eigenvalue weighted by molar-refractivity contribution is 5.52. The van der Waals surface area contributed by atoms with E-state index in [0.717, 1.165) is 35.8 Å². The monoisotopic (exact) mass is 285 g/mol.